The molecule has 0 heterocycles. The second kappa shape index (κ2) is 11.7. The number of rotatable bonds is 10. The van der Waals surface area contributed by atoms with Gasteiger partial charge in [-0.2, -0.15) is 0 Å². The number of carbonyl (C=O) groups is 2. The number of halogens is 3. The molecule has 0 saturated heterocycles. The molecule has 2 aromatic carbocycles. The lowest BCUT2D eigenvalue weighted by Crippen LogP contribution is -2.52. The lowest BCUT2D eigenvalue weighted by Gasteiger charge is -2.32. The molecule has 0 fully saturated rings. The monoisotopic (exact) mass is 559 g/mol. The first-order valence-corrected chi connectivity index (χ1v) is 13.2. The number of nitrogens with zero attached hydrogens (tertiary/aromatic N) is 2. The molecule has 11 heteroatoms. The van der Waals surface area contributed by atoms with Crippen LogP contribution in [0, 0.1) is 11.6 Å². The van der Waals surface area contributed by atoms with E-state index in [1.165, 1.54) is 4.90 Å². The first-order chi connectivity index (χ1) is 15.8. The van der Waals surface area contributed by atoms with Crippen LogP contribution in [0.5, 0.6) is 0 Å². The van der Waals surface area contributed by atoms with Crippen LogP contribution in [0.15, 0.2) is 46.9 Å². The van der Waals surface area contributed by atoms with Gasteiger partial charge >= 0.3 is 0 Å². The molecule has 7 nitrogen and oxygen atoms in total. The molecule has 2 unspecified atom stereocenters. The van der Waals surface area contributed by atoms with Crippen molar-refractivity contribution in [1.29, 1.82) is 0 Å². The predicted molar refractivity (Wildman–Crippen MR) is 131 cm³/mol. The van der Waals surface area contributed by atoms with Crippen LogP contribution >= 0.6 is 15.9 Å². The van der Waals surface area contributed by atoms with Crippen molar-refractivity contribution in [2.24, 2.45) is 0 Å². The molecule has 2 rings (SSSR count). The van der Waals surface area contributed by atoms with E-state index in [1.54, 1.807) is 31.2 Å². The van der Waals surface area contributed by atoms with Crippen molar-refractivity contribution < 1.29 is 26.8 Å². The van der Waals surface area contributed by atoms with Gasteiger partial charge in [-0.3, -0.25) is 13.9 Å². The molecule has 0 aromatic heterocycles. The fourth-order valence-electron chi connectivity index (χ4n) is 3.09. The van der Waals surface area contributed by atoms with Gasteiger partial charge in [-0.05, 0) is 50.1 Å². The molecule has 2 aromatic rings. The van der Waals surface area contributed by atoms with Crippen molar-refractivity contribution in [1.82, 2.24) is 10.2 Å². The minimum Gasteiger partial charge on any atom is -0.352 e. The second-order valence-corrected chi connectivity index (χ2v) is 10.8. The Bertz CT molecular complexity index is 1130. The maximum atomic E-state index is 13.8. The number of hydrogen-bond donors (Lipinski definition) is 1. The van der Waals surface area contributed by atoms with Crippen LogP contribution in [0.1, 0.15) is 32.8 Å². The van der Waals surface area contributed by atoms with E-state index in [0.29, 0.717) is 16.8 Å². The van der Waals surface area contributed by atoms with Gasteiger partial charge in [-0.25, -0.2) is 17.2 Å². The molecule has 0 aliphatic heterocycles. The van der Waals surface area contributed by atoms with E-state index in [9.17, 15) is 26.8 Å². The Balaban J connectivity index is 2.39. The van der Waals surface area contributed by atoms with E-state index in [4.69, 9.17) is 0 Å². The minimum absolute atomic E-state index is 0.0383. The Morgan fingerprint density at radius 2 is 1.68 bits per heavy atom. The van der Waals surface area contributed by atoms with Crippen molar-refractivity contribution >= 4 is 43.5 Å². The first kappa shape index (κ1) is 27.7. The van der Waals surface area contributed by atoms with Crippen molar-refractivity contribution in [3.8, 4) is 0 Å². The quantitative estimate of drug-likeness (QED) is 0.479. The first-order valence-electron chi connectivity index (χ1n) is 10.6. The third kappa shape index (κ3) is 7.49. The summed E-state index contributed by atoms with van der Waals surface area (Å²) in [6, 6.07) is 8.64. The number of amides is 2. The Morgan fingerprint density at radius 3 is 2.21 bits per heavy atom. The van der Waals surface area contributed by atoms with E-state index in [-0.39, 0.29) is 18.3 Å². The molecule has 0 saturated carbocycles. The molecule has 0 radical (unpaired) electrons. The summed E-state index contributed by atoms with van der Waals surface area (Å²) in [5.74, 6) is -3.45. The van der Waals surface area contributed by atoms with Gasteiger partial charge in [0.2, 0.25) is 21.8 Å². The second-order valence-electron chi connectivity index (χ2n) is 8.01. The smallest absolute Gasteiger partial charge is 0.244 e. The Labute approximate surface area is 207 Å². The average molecular weight is 560 g/mol. The number of nitrogens with one attached hydrogen (secondary N) is 1. The number of benzene rings is 2. The predicted octanol–water partition coefficient (Wildman–Crippen LogP) is 3.83. The van der Waals surface area contributed by atoms with Crippen LogP contribution in [0.25, 0.3) is 0 Å². The van der Waals surface area contributed by atoms with E-state index in [2.05, 4.69) is 21.2 Å². The van der Waals surface area contributed by atoms with Crippen molar-refractivity contribution in [3.63, 3.8) is 0 Å². The average Bonchev–Trinajstić information content (AvgIpc) is 2.77. The molecule has 2 amide bonds. The third-order valence-electron chi connectivity index (χ3n) is 5.30. The molecule has 0 aliphatic rings. The van der Waals surface area contributed by atoms with Gasteiger partial charge in [0.05, 0.1) is 11.9 Å². The number of hydrogen-bond acceptors (Lipinski definition) is 4. The molecule has 0 aliphatic carbocycles. The van der Waals surface area contributed by atoms with Gasteiger partial charge in [-0.15, -0.1) is 0 Å². The summed E-state index contributed by atoms with van der Waals surface area (Å²) in [6.45, 7) is 4.64. The van der Waals surface area contributed by atoms with Crippen LogP contribution in [0.4, 0.5) is 14.5 Å². The van der Waals surface area contributed by atoms with Crippen LogP contribution in [0.3, 0.4) is 0 Å². The highest BCUT2D eigenvalue weighted by molar-refractivity contribution is 9.10. The SMILES string of the molecule is CCC(C)NC(=O)C(C)N(Cc1ccc(Br)cc1)C(=O)CN(c1ccc(F)c(F)c1)S(C)(=O)=O. The molecule has 186 valence electrons. The molecular formula is C23H28BrF2N3O4S. The summed E-state index contributed by atoms with van der Waals surface area (Å²) < 4.78 is 53.5. The molecule has 0 bridgehead atoms. The fraction of sp³-hybridized carbons (Fsp3) is 0.391. The van der Waals surface area contributed by atoms with E-state index in [0.717, 1.165) is 28.4 Å². The molecule has 34 heavy (non-hydrogen) atoms. The Hall–Kier alpha value is -2.53. The largest absolute Gasteiger partial charge is 0.352 e. The zero-order valence-corrected chi connectivity index (χ0v) is 21.8. The van der Waals surface area contributed by atoms with E-state index < -0.39 is 46.1 Å². The maximum Gasteiger partial charge on any atom is 0.244 e. The van der Waals surface area contributed by atoms with Gasteiger partial charge in [0.15, 0.2) is 11.6 Å². The van der Waals surface area contributed by atoms with Crippen LogP contribution in [-0.4, -0.2) is 50.0 Å². The summed E-state index contributed by atoms with van der Waals surface area (Å²) in [6.07, 6.45) is 1.55. The lowest BCUT2D eigenvalue weighted by molar-refractivity contribution is -0.139. The molecule has 2 atom stereocenters. The summed E-state index contributed by atoms with van der Waals surface area (Å²) in [5, 5.41) is 2.83. The van der Waals surface area contributed by atoms with Gasteiger partial charge in [0.25, 0.3) is 0 Å². The Kier molecular flexibility index (Phi) is 9.57. The summed E-state index contributed by atoms with van der Waals surface area (Å²) in [4.78, 5) is 27.4. The zero-order chi connectivity index (χ0) is 25.6. The van der Waals surface area contributed by atoms with Gasteiger partial charge in [0, 0.05) is 23.1 Å². The van der Waals surface area contributed by atoms with E-state index >= 15 is 0 Å². The van der Waals surface area contributed by atoms with Crippen LogP contribution < -0.4 is 9.62 Å². The lowest BCUT2D eigenvalue weighted by atomic mass is 10.1. The molecule has 1 N–H and O–H groups in total. The van der Waals surface area contributed by atoms with Crippen LogP contribution in [-0.2, 0) is 26.2 Å². The van der Waals surface area contributed by atoms with Crippen molar-refractivity contribution in [3.05, 3.63) is 64.1 Å². The third-order valence-corrected chi connectivity index (χ3v) is 6.97. The highest BCUT2D eigenvalue weighted by Crippen LogP contribution is 2.22. The van der Waals surface area contributed by atoms with Crippen molar-refractivity contribution in [2.75, 3.05) is 17.1 Å². The van der Waals surface area contributed by atoms with Gasteiger partial charge < -0.3 is 10.2 Å². The fourth-order valence-corrected chi connectivity index (χ4v) is 4.19. The number of carbonyl (C=O) groups excluding carboxylic acids is 2. The topological polar surface area (TPSA) is 86.8 Å². The summed E-state index contributed by atoms with van der Waals surface area (Å²) >= 11 is 3.34. The van der Waals surface area contributed by atoms with Gasteiger partial charge in [-0.1, -0.05) is 35.0 Å². The minimum atomic E-state index is -4.03. The zero-order valence-electron chi connectivity index (χ0n) is 19.4. The summed E-state index contributed by atoms with van der Waals surface area (Å²) in [7, 11) is -4.03. The van der Waals surface area contributed by atoms with E-state index in [1.807, 2.05) is 13.8 Å². The number of anilines is 1. The van der Waals surface area contributed by atoms with Crippen molar-refractivity contribution in [2.45, 2.75) is 45.8 Å². The summed E-state index contributed by atoms with van der Waals surface area (Å²) in [5.41, 5.74) is 0.522. The Morgan fingerprint density at radius 1 is 1.06 bits per heavy atom. The molecule has 0 spiro atoms. The highest BCUT2D eigenvalue weighted by atomic mass is 79.9. The normalized spacial score (nSPS) is 13.1. The maximum absolute atomic E-state index is 13.8. The van der Waals surface area contributed by atoms with Gasteiger partial charge in [0.1, 0.15) is 12.6 Å². The number of sulfonamides is 1. The highest BCUT2D eigenvalue weighted by Gasteiger charge is 2.30. The standard InChI is InChI=1S/C23H28BrF2N3O4S/c1-5-15(2)27-23(31)16(3)28(13-17-6-8-18(24)9-7-17)22(30)14-29(34(4,32)33)19-10-11-20(25)21(26)12-19/h6-12,15-16H,5,13-14H2,1-4H3,(H,27,31). The van der Waals surface area contributed by atoms with Crippen LogP contribution in [0.2, 0.25) is 0 Å². The molecular weight excluding hydrogens is 532 g/mol.